The molecule has 0 bridgehead atoms. The molecule has 0 radical (unpaired) electrons. The molecule has 0 fully saturated rings. The van der Waals surface area contributed by atoms with Crippen molar-refractivity contribution in [3.8, 4) is 5.75 Å². The van der Waals surface area contributed by atoms with Crippen LogP contribution in [0.15, 0.2) is 52.4 Å². The van der Waals surface area contributed by atoms with E-state index in [1.54, 1.807) is 24.3 Å². The molecule has 0 atom stereocenters. The van der Waals surface area contributed by atoms with Crippen LogP contribution in [0, 0.1) is 0 Å². The van der Waals surface area contributed by atoms with Gasteiger partial charge in [-0.25, -0.2) is 0 Å². The second-order valence-electron chi connectivity index (χ2n) is 5.57. The van der Waals surface area contributed by atoms with Crippen molar-refractivity contribution in [1.82, 2.24) is 4.72 Å². The van der Waals surface area contributed by atoms with Crippen molar-refractivity contribution in [2.24, 2.45) is 4.99 Å². The molecule has 3 rings (SSSR count). The van der Waals surface area contributed by atoms with Crippen LogP contribution in [-0.4, -0.2) is 32.1 Å². The molecule has 130 valence electrons. The van der Waals surface area contributed by atoms with Gasteiger partial charge < -0.3 is 5.11 Å². The number of phenols is 1. The van der Waals surface area contributed by atoms with Crippen molar-refractivity contribution in [3.63, 3.8) is 0 Å². The minimum Gasteiger partial charge on any atom is -0.507 e. The van der Waals surface area contributed by atoms with E-state index in [0.717, 1.165) is 13.0 Å². The zero-order valence-corrected chi connectivity index (χ0v) is 14.8. The monoisotopic (exact) mass is 378 g/mol. The van der Waals surface area contributed by atoms with Crippen LogP contribution >= 0.6 is 11.6 Å². The Morgan fingerprint density at radius 2 is 2.08 bits per heavy atom. The molecule has 0 aromatic heterocycles. The third-order valence-corrected chi connectivity index (χ3v) is 5.29. The summed E-state index contributed by atoms with van der Waals surface area (Å²) in [6.07, 6.45) is 3.03. The quantitative estimate of drug-likeness (QED) is 0.701. The van der Waals surface area contributed by atoms with E-state index in [9.17, 15) is 13.5 Å². The summed E-state index contributed by atoms with van der Waals surface area (Å²) in [4.78, 5) is 7.36. The number of benzene rings is 2. The van der Waals surface area contributed by atoms with Gasteiger partial charge in [-0.3, -0.25) is 9.98 Å². The fraction of sp³-hybridized carbons (Fsp3) is 0.176. The van der Waals surface area contributed by atoms with Crippen LogP contribution in [0.4, 0.5) is 5.69 Å². The van der Waals surface area contributed by atoms with Gasteiger partial charge in [0.1, 0.15) is 10.6 Å². The Bertz CT molecular complexity index is 955. The van der Waals surface area contributed by atoms with Gasteiger partial charge >= 0.3 is 10.0 Å². The molecule has 1 aliphatic rings. The number of amidine groups is 1. The molecular weight excluding hydrogens is 362 g/mol. The number of sulfonamides is 1. The zero-order chi connectivity index (χ0) is 17.9. The van der Waals surface area contributed by atoms with Crippen molar-refractivity contribution >= 4 is 39.4 Å². The number of nitrogens with zero attached hydrogens (tertiary/aromatic N) is 1. The summed E-state index contributed by atoms with van der Waals surface area (Å²) in [6, 6.07) is 10.9. The van der Waals surface area contributed by atoms with E-state index in [-0.39, 0.29) is 10.6 Å². The van der Waals surface area contributed by atoms with E-state index >= 15 is 0 Å². The lowest BCUT2D eigenvalue weighted by Crippen LogP contribution is -2.72. The van der Waals surface area contributed by atoms with Crippen molar-refractivity contribution in [2.45, 2.75) is 17.7 Å². The number of phenolic OH excluding ortho intramolecular Hbond substituents is 1. The number of aliphatic imine (C=N–C) groups is 1. The van der Waals surface area contributed by atoms with Crippen LogP contribution in [0.25, 0.3) is 0 Å². The Kier molecular flexibility index (Phi) is 5.06. The molecule has 0 aliphatic carbocycles. The average molecular weight is 379 g/mol. The molecule has 0 saturated carbocycles. The molecule has 0 saturated heterocycles. The van der Waals surface area contributed by atoms with Crippen LogP contribution in [0.5, 0.6) is 5.75 Å². The molecule has 1 aliphatic heterocycles. The third-order valence-electron chi connectivity index (χ3n) is 3.67. The van der Waals surface area contributed by atoms with Crippen LogP contribution in [0.2, 0.25) is 5.02 Å². The number of halogens is 1. The second-order valence-corrected chi connectivity index (χ2v) is 7.69. The Hall–Kier alpha value is -2.38. The molecule has 0 amide bonds. The van der Waals surface area contributed by atoms with E-state index in [1.165, 1.54) is 24.4 Å². The first kappa shape index (κ1) is 17.4. The molecule has 2 aromatic carbocycles. The SMILES string of the molecule is O=S(=O)(NC1=[NH+]CCC1)c1cccc(N=Cc2cc(Cl)ccc2O)c1. The highest BCUT2D eigenvalue weighted by molar-refractivity contribution is 7.90. The smallest absolute Gasteiger partial charge is 0.328 e. The first-order chi connectivity index (χ1) is 11.9. The lowest BCUT2D eigenvalue weighted by Gasteiger charge is -2.03. The fourth-order valence-corrected chi connectivity index (χ4v) is 3.74. The van der Waals surface area contributed by atoms with Gasteiger partial charge in [-0.15, -0.1) is 0 Å². The summed E-state index contributed by atoms with van der Waals surface area (Å²) in [6.45, 7) is 0.769. The van der Waals surface area contributed by atoms with Crippen molar-refractivity contribution in [3.05, 3.63) is 53.1 Å². The lowest BCUT2D eigenvalue weighted by molar-refractivity contribution is -0.448. The van der Waals surface area contributed by atoms with Gasteiger partial charge in [-0.1, -0.05) is 17.7 Å². The van der Waals surface area contributed by atoms with Crippen molar-refractivity contribution in [2.75, 3.05) is 6.54 Å². The molecule has 2 aromatic rings. The minimum absolute atomic E-state index is 0.0438. The number of nitrogens with one attached hydrogen (secondary N) is 2. The molecule has 0 unspecified atom stereocenters. The fourth-order valence-electron chi connectivity index (χ4n) is 2.40. The standard InChI is InChI=1S/C17H16ClN3O3S/c18-13-6-7-16(22)12(9-13)11-20-14-3-1-4-15(10-14)25(23,24)21-17-5-2-8-19-17/h1,3-4,6-7,9-11,22H,2,5,8H2,(H,19,21)/p+1. The summed E-state index contributed by atoms with van der Waals surface area (Å²) in [5.74, 6) is 0.653. The van der Waals surface area contributed by atoms with Gasteiger partial charge in [-0.2, -0.15) is 13.1 Å². The predicted molar refractivity (Wildman–Crippen MR) is 97.2 cm³/mol. The highest BCUT2D eigenvalue weighted by atomic mass is 35.5. The van der Waals surface area contributed by atoms with E-state index < -0.39 is 10.0 Å². The van der Waals surface area contributed by atoms with Crippen LogP contribution in [0.3, 0.4) is 0 Å². The van der Waals surface area contributed by atoms with Crippen LogP contribution < -0.4 is 9.71 Å². The van der Waals surface area contributed by atoms with Gasteiger partial charge in [0.15, 0.2) is 0 Å². The molecule has 25 heavy (non-hydrogen) atoms. The van der Waals surface area contributed by atoms with Crippen LogP contribution in [0.1, 0.15) is 18.4 Å². The average Bonchev–Trinajstić information content (AvgIpc) is 3.08. The molecular formula is C17H17ClN3O3S+. The first-order valence-electron chi connectivity index (χ1n) is 7.69. The summed E-state index contributed by atoms with van der Waals surface area (Å²) in [5.41, 5.74) is 0.899. The maximum absolute atomic E-state index is 12.4. The van der Waals surface area contributed by atoms with Crippen LogP contribution in [-0.2, 0) is 10.0 Å². The molecule has 6 nitrogen and oxygen atoms in total. The van der Waals surface area contributed by atoms with E-state index in [0.29, 0.717) is 28.5 Å². The minimum atomic E-state index is -3.66. The molecule has 0 spiro atoms. The number of hydrogen-bond donors (Lipinski definition) is 3. The Labute approximate surface area is 151 Å². The summed E-state index contributed by atoms with van der Waals surface area (Å²) in [7, 11) is -3.66. The topological polar surface area (TPSA) is 92.7 Å². The van der Waals surface area contributed by atoms with Gasteiger partial charge in [0.05, 0.1) is 18.7 Å². The van der Waals surface area contributed by atoms with Crippen molar-refractivity contribution < 1.29 is 18.5 Å². The highest BCUT2D eigenvalue weighted by Gasteiger charge is 2.24. The molecule has 3 N–H and O–H groups in total. The Balaban J connectivity index is 1.83. The maximum Gasteiger partial charge on any atom is 0.328 e. The van der Waals surface area contributed by atoms with Gasteiger partial charge in [-0.05, 0) is 42.8 Å². The maximum atomic E-state index is 12.4. The number of hydrogen-bond acceptors (Lipinski definition) is 4. The Morgan fingerprint density at radius 1 is 1.24 bits per heavy atom. The van der Waals surface area contributed by atoms with E-state index in [1.807, 2.05) is 0 Å². The Morgan fingerprint density at radius 3 is 2.84 bits per heavy atom. The van der Waals surface area contributed by atoms with Gasteiger partial charge in [0, 0.05) is 16.8 Å². The largest absolute Gasteiger partial charge is 0.507 e. The normalized spacial score (nSPS) is 14.7. The summed E-state index contributed by atoms with van der Waals surface area (Å²) < 4.78 is 27.4. The van der Waals surface area contributed by atoms with Gasteiger partial charge in [0.25, 0.3) is 5.84 Å². The molecule has 8 heteroatoms. The number of rotatable bonds is 4. The van der Waals surface area contributed by atoms with Crippen molar-refractivity contribution in [1.29, 1.82) is 0 Å². The van der Waals surface area contributed by atoms with E-state index in [4.69, 9.17) is 11.6 Å². The highest BCUT2D eigenvalue weighted by Crippen LogP contribution is 2.22. The lowest BCUT2D eigenvalue weighted by atomic mass is 10.2. The third kappa shape index (κ3) is 4.37. The number of aromatic hydroxyl groups is 1. The predicted octanol–water partition coefficient (Wildman–Crippen LogP) is 1.35. The summed E-state index contributed by atoms with van der Waals surface area (Å²) in [5, 5.41) is 10.3. The van der Waals surface area contributed by atoms with Gasteiger partial charge in [0.2, 0.25) is 0 Å². The molecule has 1 heterocycles. The first-order valence-corrected chi connectivity index (χ1v) is 9.55. The zero-order valence-electron chi connectivity index (χ0n) is 13.2. The summed E-state index contributed by atoms with van der Waals surface area (Å²) >= 11 is 5.90. The van der Waals surface area contributed by atoms with E-state index in [2.05, 4.69) is 14.7 Å². The second kappa shape index (κ2) is 7.25.